The first-order valence-electron chi connectivity index (χ1n) is 8.47. The summed E-state index contributed by atoms with van der Waals surface area (Å²) in [6.07, 6.45) is 2.68. The lowest BCUT2D eigenvalue weighted by atomic mass is 10.1. The molecule has 3 heterocycles. The monoisotopic (exact) mass is 371 g/mol. The average molecular weight is 372 g/mol. The number of aromatic nitrogens is 2. The normalized spacial score (nSPS) is 15.6. The van der Waals surface area contributed by atoms with Crippen molar-refractivity contribution in [1.82, 2.24) is 9.38 Å². The number of carbonyl (C=O) groups is 1. The molecule has 2 aromatic heterocycles. The van der Waals surface area contributed by atoms with Crippen molar-refractivity contribution in [3.63, 3.8) is 0 Å². The molecule has 1 atom stereocenters. The van der Waals surface area contributed by atoms with E-state index < -0.39 is 0 Å². The van der Waals surface area contributed by atoms with Gasteiger partial charge in [0.2, 0.25) is 0 Å². The standard InChI is InChI=1S/C19H18ClN3O3/c1-3-25-15-9-12-8-11(2)26-14(12)10-13(15)21-19(24)17-18(20)22-16-6-4-5-7-23(16)17/h4-7,9-11H,3,8H2,1-2H3,(H,21,24)/t11-/m0/s1. The Hall–Kier alpha value is -2.73. The molecule has 0 saturated heterocycles. The molecule has 0 unspecified atom stereocenters. The van der Waals surface area contributed by atoms with Gasteiger partial charge >= 0.3 is 0 Å². The summed E-state index contributed by atoms with van der Waals surface area (Å²) in [4.78, 5) is 17.1. The lowest BCUT2D eigenvalue weighted by Gasteiger charge is -2.13. The third kappa shape index (κ3) is 2.86. The maximum atomic E-state index is 12.9. The molecule has 1 amide bonds. The third-order valence-electron chi connectivity index (χ3n) is 4.25. The van der Waals surface area contributed by atoms with Crippen LogP contribution in [0.5, 0.6) is 11.5 Å². The van der Waals surface area contributed by atoms with E-state index in [9.17, 15) is 4.79 Å². The Morgan fingerprint density at radius 1 is 1.46 bits per heavy atom. The van der Waals surface area contributed by atoms with Crippen LogP contribution in [-0.2, 0) is 6.42 Å². The summed E-state index contributed by atoms with van der Waals surface area (Å²) in [5, 5.41) is 3.04. The second-order valence-electron chi connectivity index (χ2n) is 6.16. The lowest BCUT2D eigenvalue weighted by Crippen LogP contribution is -2.16. The van der Waals surface area contributed by atoms with Crippen LogP contribution in [0.1, 0.15) is 29.9 Å². The van der Waals surface area contributed by atoms with Crippen LogP contribution in [0.4, 0.5) is 5.69 Å². The van der Waals surface area contributed by atoms with Gasteiger partial charge in [-0.25, -0.2) is 4.98 Å². The van der Waals surface area contributed by atoms with Crippen molar-refractivity contribution in [1.29, 1.82) is 0 Å². The van der Waals surface area contributed by atoms with Crippen molar-refractivity contribution in [2.24, 2.45) is 0 Å². The quantitative estimate of drug-likeness (QED) is 0.753. The Kier molecular flexibility index (Phi) is 4.20. The molecule has 134 valence electrons. The number of halogens is 1. The number of amides is 1. The van der Waals surface area contributed by atoms with Crippen molar-refractivity contribution in [3.05, 3.63) is 52.9 Å². The Labute approximate surface area is 155 Å². The van der Waals surface area contributed by atoms with Gasteiger partial charge in [0.1, 0.15) is 23.3 Å². The Balaban J connectivity index is 1.71. The number of nitrogens with one attached hydrogen (secondary N) is 1. The molecule has 0 spiro atoms. The summed E-state index contributed by atoms with van der Waals surface area (Å²) >= 11 is 6.19. The molecule has 26 heavy (non-hydrogen) atoms. The van der Waals surface area contributed by atoms with Gasteiger partial charge in [0.15, 0.2) is 10.8 Å². The van der Waals surface area contributed by atoms with E-state index in [0.717, 1.165) is 17.7 Å². The molecule has 1 aromatic carbocycles. The SMILES string of the molecule is CCOc1cc2c(cc1NC(=O)c1c(Cl)nc3ccccn13)O[C@@H](C)C2. The molecule has 0 aliphatic carbocycles. The van der Waals surface area contributed by atoms with E-state index in [4.69, 9.17) is 21.1 Å². The fourth-order valence-electron chi connectivity index (χ4n) is 3.16. The summed E-state index contributed by atoms with van der Waals surface area (Å²) in [5.41, 5.74) is 2.51. The Morgan fingerprint density at radius 2 is 2.31 bits per heavy atom. The smallest absolute Gasteiger partial charge is 0.276 e. The van der Waals surface area contributed by atoms with Gasteiger partial charge in [-0.2, -0.15) is 0 Å². The molecule has 6 nitrogen and oxygen atoms in total. The van der Waals surface area contributed by atoms with Crippen molar-refractivity contribution >= 4 is 28.8 Å². The molecule has 7 heteroatoms. The van der Waals surface area contributed by atoms with Crippen LogP contribution in [0.2, 0.25) is 5.15 Å². The maximum Gasteiger partial charge on any atom is 0.276 e. The van der Waals surface area contributed by atoms with Crippen molar-refractivity contribution in [3.8, 4) is 11.5 Å². The van der Waals surface area contributed by atoms with E-state index in [1.54, 1.807) is 22.7 Å². The zero-order valence-electron chi connectivity index (χ0n) is 14.5. The zero-order chi connectivity index (χ0) is 18.3. The second-order valence-corrected chi connectivity index (χ2v) is 6.51. The van der Waals surface area contributed by atoms with E-state index in [1.807, 2.05) is 32.0 Å². The number of benzene rings is 1. The second kappa shape index (κ2) is 6.53. The van der Waals surface area contributed by atoms with Crippen LogP contribution in [0.15, 0.2) is 36.5 Å². The molecule has 1 N–H and O–H groups in total. The number of anilines is 1. The van der Waals surface area contributed by atoms with Crippen molar-refractivity contribution in [2.75, 3.05) is 11.9 Å². The maximum absolute atomic E-state index is 12.9. The van der Waals surface area contributed by atoms with Gasteiger partial charge < -0.3 is 14.8 Å². The number of pyridine rings is 1. The summed E-state index contributed by atoms with van der Waals surface area (Å²) < 4.78 is 13.2. The molecule has 0 bridgehead atoms. The number of ether oxygens (including phenoxy) is 2. The van der Waals surface area contributed by atoms with Gasteiger partial charge in [-0.1, -0.05) is 17.7 Å². The summed E-state index contributed by atoms with van der Waals surface area (Å²) in [5.74, 6) is 1.02. The van der Waals surface area contributed by atoms with Gasteiger partial charge in [0.05, 0.1) is 12.3 Å². The minimum Gasteiger partial charge on any atom is -0.492 e. The fraction of sp³-hybridized carbons (Fsp3) is 0.263. The third-order valence-corrected chi connectivity index (χ3v) is 4.51. The predicted molar refractivity (Wildman–Crippen MR) is 99.6 cm³/mol. The van der Waals surface area contributed by atoms with E-state index in [0.29, 0.717) is 23.7 Å². The average Bonchev–Trinajstić information content (AvgIpc) is 3.12. The summed E-state index contributed by atoms with van der Waals surface area (Å²) in [6.45, 7) is 4.41. The molecular weight excluding hydrogens is 354 g/mol. The molecular formula is C19H18ClN3O3. The molecule has 0 saturated carbocycles. The van der Waals surface area contributed by atoms with Crippen LogP contribution in [0, 0.1) is 0 Å². The molecule has 4 rings (SSSR count). The van der Waals surface area contributed by atoms with Gasteiger partial charge in [-0.3, -0.25) is 9.20 Å². The molecule has 0 radical (unpaired) electrons. The number of nitrogens with zero attached hydrogens (tertiary/aromatic N) is 2. The van der Waals surface area contributed by atoms with Crippen LogP contribution in [-0.4, -0.2) is 28.0 Å². The van der Waals surface area contributed by atoms with Gasteiger partial charge in [-0.15, -0.1) is 0 Å². The van der Waals surface area contributed by atoms with E-state index in [2.05, 4.69) is 10.3 Å². The summed E-state index contributed by atoms with van der Waals surface area (Å²) in [7, 11) is 0. The van der Waals surface area contributed by atoms with Crippen LogP contribution < -0.4 is 14.8 Å². The minimum atomic E-state index is -0.361. The lowest BCUT2D eigenvalue weighted by molar-refractivity contribution is 0.102. The highest BCUT2D eigenvalue weighted by Crippen LogP contribution is 2.38. The van der Waals surface area contributed by atoms with Crippen molar-refractivity contribution < 1.29 is 14.3 Å². The highest BCUT2D eigenvalue weighted by Gasteiger charge is 2.24. The topological polar surface area (TPSA) is 64.9 Å². The molecule has 3 aromatic rings. The van der Waals surface area contributed by atoms with E-state index in [-0.39, 0.29) is 22.9 Å². The predicted octanol–water partition coefficient (Wildman–Crippen LogP) is 3.96. The summed E-state index contributed by atoms with van der Waals surface area (Å²) in [6, 6.07) is 9.18. The van der Waals surface area contributed by atoms with Crippen LogP contribution >= 0.6 is 11.6 Å². The first kappa shape index (κ1) is 16.7. The van der Waals surface area contributed by atoms with Gasteiger partial charge in [0, 0.05) is 24.2 Å². The van der Waals surface area contributed by atoms with Crippen LogP contribution in [0.3, 0.4) is 0 Å². The Morgan fingerprint density at radius 3 is 3.12 bits per heavy atom. The number of hydrogen-bond donors (Lipinski definition) is 1. The van der Waals surface area contributed by atoms with Crippen molar-refractivity contribution in [2.45, 2.75) is 26.4 Å². The van der Waals surface area contributed by atoms with Crippen LogP contribution in [0.25, 0.3) is 5.65 Å². The van der Waals surface area contributed by atoms with E-state index >= 15 is 0 Å². The highest BCUT2D eigenvalue weighted by atomic mass is 35.5. The Bertz CT molecular complexity index is 999. The number of fused-ring (bicyclic) bond motifs is 2. The minimum absolute atomic E-state index is 0.110. The van der Waals surface area contributed by atoms with E-state index in [1.165, 1.54) is 0 Å². The fourth-order valence-corrected chi connectivity index (χ4v) is 3.43. The largest absolute Gasteiger partial charge is 0.492 e. The molecule has 1 aliphatic heterocycles. The number of carbonyl (C=O) groups excluding carboxylic acids is 1. The van der Waals surface area contributed by atoms with Gasteiger partial charge in [-0.05, 0) is 32.0 Å². The first-order chi connectivity index (χ1) is 12.6. The highest BCUT2D eigenvalue weighted by molar-refractivity contribution is 6.33. The first-order valence-corrected chi connectivity index (χ1v) is 8.85. The molecule has 0 fully saturated rings. The number of imidazole rings is 1. The molecule has 1 aliphatic rings. The number of hydrogen-bond acceptors (Lipinski definition) is 4. The zero-order valence-corrected chi connectivity index (χ0v) is 15.2. The number of rotatable bonds is 4. The van der Waals surface area contributed by atoms with Gasteiger partial charge in [0.25, 0.3) is 5.91 Å².